The van der Waals surface area contributed by atoms with E-state index in [0.717, 1.165) is 32.1 Å². The van der Waals surface area contributed by atoms with Crippen molar-refractivity contribution in [3.8, 4) is 0 Å². The molecule has 17 heavy (non-hydrogen) atoms. The van der Waals surface area contributed by atoms with Crippen molar-refractivity contribution >= 4 is 5.97 Å². The fourth-order valence-corrected chi connectivity index (χ4v) is 4.18. The van der Waals surface area contributed by atoms with Crippen molar-refractivity contribution in [1.82, 2.24) is 0 Å². The second-order valence-electron chi connectivity index (χ2n) is 6.36. The monoisotopic (exact) mass is 238 g/mol. The summed E-state index contributed by atoms with van der Waals surface area (Å²) in [6.07, 6.45) is 8.67. The van der Waals surface area contributed by atoms with Crippen LogP contribution < -0.4 is 0 Å². The number of fused-ring (bicyclic) bond motifs is 1. The summed E-state index contributed by atoms with van der Waals surface area (Å²) >= 11 is 0. The molecule has 0 aromatic heterocycles. The Morgan fingerprint density at radius 1 is 1.24 bits per heavy atom. The summed E-state index contributed by atoms with van der Waals surface area (Å²) in [6.45, 7) is 1.97. The van der Waals surface area contributed by atoms with E-state index in [9.17, 15) is 9.90 Å². The Balaban J connectivity index is 1.76. The van der Waals surface area contributed by atoms with Crippen molar-refractivity contribution in [3.05, 3.63) is 0 Å². The zero-order valence-electron chi connectivity index (χ0n) is 10.5. The molecule has 3 heteroatoms. The molecule has 3 nitrogen and oxygen atoms in total. The van der Waals surface area contributed by atoms with Gasteiger partial charge in [0.05, 0.1) is 17.6 Å². The van der Waals surface area contributed by atoms with Crippen LogP contribution in [0, 0.1) is 17.3 Å². The molecule has 1 saturated heterocycles. The van der Waals surface area contributed by atoms with Gasteiger partial charge < -0.3 is 9.84 Å². The van der Waals surface area contributed by atoms with Crippen molar-refractivity contribution in [2.24, 2.45) is 17.3 Å². The Kier molecular flexibility index (Phi) is 2.69. The summed E-state index contributed by atoms with van der Waals surface area (Å²) in [7, 11) is 0. The van der Waals surface area contributed by atoms with Gasteiger partial charge in [-0.3, -0.25) is 4.79 Å². The first-order chi connectivity index (χ1) is 8.11. The first-order valence-corrected chi connectivity index (χ1v) is 7.00. The minimum Gasteiger partial charge on any atom is -0.481 e. The molecule has 0 aromatic rings. The van der Waals surface area contributed by atoms with Crippen LogP contribution in [0.2, 0.25) is 0 Å². The third-order valence-corrected chi connectivity index (χ3v) is 5.38. The van der Waals surface area contributed by atoms with Gasteiger partial charge in [-0.1, -0.05) is 12.8 Å². The lowest BCUT2D eigenvalue weighted by atomic mass is 9.60. The Labute approximate surface area is 103 Å². The highest BCUT2D eigenvalue weighted by atomic mass is 16.6. The van der Waals surface area contributed by atoms with Crippen LogP contribution in [0.1, 0.15) is 51.9 Å². The van der Waals surface area contributed by atoms with E-state index in [1.165, 1.54) is 12.8 Å². The first kappa shape index (κ1) is 11.5. The molecule has 5 unspecified atom stereocenters. The molecule has 2 saturated carbocycles. The third-order valence-electron chi connectivity index (χ3n) is 5.38. The van der Waals surface area contributed by atoms with Crippen LogP contribution in [0.25, 0.3) is 0 Å². The van der Waals surface area contributed by atoms with Gasteiger partial charge >= 0.3 is 5.97 Å². The zero-order chi connectivity index (χ0) is 12.0. The van der Waals surface area contributed by atoms with Crippen LogP contribution in [0.15, 0.2) is 0 Å². The molecule has 2 aliphatic carbocycles. The molecule has 1 N–H and O–H groups in total. The third kappa shape index (κ3) is 1.88. The quantitative estimate of drug-likeness (QED) is 0.752. The van der Waals surface area contributed by atoms with Crippen molar-refractivity contribution in [2.45, 2.75) is 64.1 Å². The fourth-order valence-electron chi connectivity index (χ4n) is 4.18. The molecule has 96 valence electrons. The smallest absolute Gasteiger partial charge is 0.309 e. The predicted octanol–water partition coefficient (Wildman–Crippen LogP) is 2.84. The lowest BCUT2D eigenvalue weighted by Crippen LogP contribution is -2.43. The Hall–Kier alpha value is -0.570. The number of rotatable bonds is 2. The van der Waals surface area contributed by atoms with E-state index >= 15 is 0 Å². The van der Waals surface area contributed by atoms with Crippen LogP contribution in [-0.4, -0.2) is 23.3 Å². The SMILES string of the molecule is CC1(C(=O)O)CCCCC1C1CCC2OC2C1. The average molecular weight is 238 g/mol. The first-order valence-electron chi connectivity index (χ1n) is 7.00. The van der Waals surface area contributed by atoms with Gasteiger partial charge in [0.1, 0.15) is 0 Å². The normalized spacial score (nSPS) is 49.5. The molecule has 0 aromatic carbocycles. The molecule has 0 bridgehead atoms. The summed E-state index contributed by atoms with van der Waals surface area (Å²) in [4.78, 5) is 11.6. The molecular weight excluding hydrogens is 216 g/mol. The van der Waals surface area contributed by atoms with Crippen LogP contribution in [-0.2, 0) is 9.53 Å². The van der Waals surface area contributed by atoms with Crippen LogP contribution in [0.3, 0.4) is 0 Å². The Morgan fingerprint density at radius 3 is 2.76 bits per heavy atom. The van der Waals surface area contributed by atoms with E-state index in [1.807, 2.05) is 6.92 Å². The van der Waals surface area contributed by atoms with Gasteiger partial charge in [0, 0.05) is 0 Å². The molecule has 3 fully saturated rings. The highest BCUT2D eigenvalue weighted by molar-refractivity contribution is 5.74. The zero-order valence-corrected chi connectivity index (χ0v) is 10.5. The van der Waals surface area contributed by atoms with Crippen LogP contribution >= 0.6 is 0 Å². The van der Waals surface area contributed by atoms with E-state index in [0.29, 0.717) is 24.0 Å². The minimum absolute atomic E-state index is 0.374. The second kappa shape index (κ2) is 3.98. The number of carboxylic acid groups (broad SMARTS) is 1. The number of hydrogen-bond donors (Lipinski definition) is 1. The van der Waals surface area contributed by atoms with Crippen molar-refractivity contribution in [3.63, 3.8) is 0 Å². The number of hydrogen-bond acceptors (Lipinski definition) is 2. The number of aliphatic carboxylic acids is 1. The molecule has 3 rings (SSSR count). The van der Waals surface area contributed by atoms with E-state index in [4.69, 9.17) is 4.74 Å². The van der Waals surface area contributed by atoms with Crippen LogP contribution in [0.4, 0.5) is 0 Å². The molecule has 0 radical (unpaired) electrons. The van der Waals surface area contributed by atoms with Crippen molar-refractivity contribution in [2.75, 3.05) is 0 Å². The Bertz CT molecular complexity index is 327. The number of carbonyl (C=O) groups is 1. The summed E-state index contributed by atoms with van der Waals surface area (Å²) < 4.78 is 5.58. The molecule has 0 spiro atoms. The maximum Gasteiger partial charge on any atom is 0.309 e. The number of ether oxygens (including phenoxy) is 1. The highest BCUT2D eigenvalue weighted by Gasteiger charge is 2.51. The second-order valence-corrected chi connectivity index (χ2v) is 6.36. The van der Waals surface area contributed by atoms with Gasteiger partial charge in [-0.05, 0) is 50.9 Å². The summed E-state index contributed by atoms with van der Waals surface area (Å²) in [5.41, 5.74) is -0.482. The van der Waals surface area contributed by atoms with E-state index in [-0.39, 0.29) is 0 Å². The van der Waals surface area contributed by atoms with Crippen molar-refractivity contribution < 1.29 is 14.6 Å². The maximum absolute atomic E-state index is 11.6. The Morgan fingerprint density at radius 2 is 2.06 bits per heavy atom. The lowest BCUT2D eigenvalue weighted by Gasteiger charge is -2.43. The summed E-state index contributed by atoms with van der Waals surface area (Å²) in [5.74, 6) is 0.375. The molecule has 1 aliphatic heterocycles. The maximum atomic E-state index is 11.6. The highest BCUT2D eigenvalue weighted by Crippen LogP contribution is 2.51. The van der Waals surface area contributed by atoms with E-state index in [1.54, 1.807) is 0 Å². The van der Waals surface area contributed by atoms with Crippen molar-refractivity contribution in [1.29, 1.82) is 0 Å². The molecule has 3 aliphatic rings. The molecule has 0 amide bonds. The van der Waals surface area contributed by atoms with Gasteiger partial charge in [-0.15, -0.1) is 0 Å². The molecule has 5 atom stereocenters. The van der Waals surface area contributed by atoms with Gasteiger partial charge in [0.15, 0.2) is 0 Å². The van der Waals surface area contributed by atoms with E-state index < -0.39 is 11.4 Å². The summed E-state index contributed by atoms with van der Waals surface area (Å²) in [6, 6.07) is 0. The average Bonchev–Trinajstić information content (AvgIpc) is 3.07. The van der Waals surface area contributed by atoms with Gasteiger partial charge in [0.25, 0.3) is 0 Å². The van der Waals surface area contributed by atoms with Gasteiger partial charge in [0.2, 0.25) is 0 Å². The molecular formula is C14H22O3. The lowest BCUT2D eigenvalue weighted by molar-refractivity contribution is -0.156. The number of epoxide rings is 1. The fraction of sp³-hybridized carbons (Fsp3) is 0.929. The van der Waals surface area contributed by atoms with Gasteiger partial charge in [-0.25, -0.2) is 0 Å². The van der Waals surface area contributed by atoms with Gasteiger partial charge in [-0.2, -0.15) is 0 Å². The van der Waals surface area contributed by atoms with E-state index in [2.05, 4.69) is 0 Å². The largest absolute Gasteiger partial charge is 0.481 e. The number of carboxylic acids is 1. The van der Waals surface area contributed by atoms with Crippen LogP contribution in [0.5, 0.6) is 0 Å². The standard InChI is InChI=1S/C14H22O3/c1-14(13(15)16)7-3-2-4-10(14)9-5-6-11-12(8-9)17-11/h9-12H,2-8H2,1H3,(H,15,16). The predicted molar refractivity (Wildman–Crippen MR) is 63.7 cm³/mol. The molecule has 1 heterocycles. The topological polar surface area (TPSA) is 49.8 Å². The summed E-state index contributed by atoms with van der Waals surface area (Å²) in [5, 5.41) is 9.54. The minimum atomic E-state index is -0.582.